The third-order valence-corrected chi connectivity index (χ3v) is 3.36. The molecule has 0 spiro atoms. The second kappa shape index (κ2) is 6.44. The second-order valence-electron chi connectivity index (χ2n) is 4.64. The quantitative estimate of drug-likeness (QED) is 0.874. The Morgan fingerprint density at radius 1 is 1.20 bits per heavy atom. The van der Waals surface area contributed by atoms with Gasteiger partial charge in [0.15, 0.2) is 0 Å². The first-order chi connectivity index (χ1) is 9.56. The van der Waals surface area contributed by atoms with E-state index < -0.39 is 5.97 Å². The Balaban J connectivity index is 1.92. The van der Waals surface area contributed by atoms with E-state index in [-0.39, 0.29) is 0 Å². The molecule has 0 aliphatic heterocycles. The smallest absolute Gasteiger partial charge is 0.335 e. The third-order valence-electron chi connectivity index (χ3n) is 3.11. The van der Waals surface area contributed by atoms with Gasteiger partial charge in [0.2, 0.25) is 0 Å². The van der Waals surface area contributed by atoms with E-state index in [2.05, 4.69) is 5.32 Å². The van der Waals surface area contributed by atoms with Crippen molar-refractivity contribution in [2.75, 3.05) is 11.9 Å². The Hall–Kier alpha value is -2.00. The summed E-state index contributed by atoms with van der Waals surface area (Å²) in [5.41, 5.74) is 3.24. The van der Waals surface area contributed by atoms with Gasteiger partial charge >= 0.3 is 5.97 Å². The van der Waals surface area contributed by atoms with Crippen LogP contribution in [0.15, 0.2) is 42.5 Å². The van der Waals surface area contributed by atoms with Crippen molar-refractivity contribution in [3.63, 3.8) is 0 Å². The molecule has 104 valence electrons. The Labute approximate surface area is 123 Å². The highest BCUT2D eigenvalue weighted by Gasteiger charge is 2.06. The fraction of sp³-hybridized carbons (Fsp3) is 0.188. The van der Waals surface area contributed by atoms with Gasteiger partial charge in [0.05, 0.1) is 5.56 Å². The fourth-order valence-electron chi connectivity index (χ4n) is 2.02. The van der Waals surface area contributed by atoms with Gasteiger partial charge in [-0.3, -0.25) is 0 Å². The standard InChI is InChI=1S/C16H16ClNO2/c1-11-10-14(6-7-15(11)16(19)20)18-9-8-12-2-4-13(17)5-3-12/h2-7,10,18H,8-9H2,1H3,(H,19,20). The average molecular weight is 290 g/mol. The van der Waals surface area contributed by atoms with Crippen molar-refractivity contribution in [1.82, 2.24) is 0 Å². The van der Waals surface area contributed by atoms with Crippen molar-refractivity contribution >= 4 is 23.3 Å². The molecule has 2 N–H and O–H groups in total. The van der Waals surface area contributed by atoms with Crippen molar-refractivity contribution in [2.45, 2.75) is 13.3 Å². The van der Waals surface area contributed by atoms with Crippen molar-refractivity contribution in [1.29, 1.82) is 0 Å². The van der Waals surface area contributed by atoms with Gasteiger partial charge in [-0.05, 0) is 54.8 Å². The van der Waals surface area contributed by atoms with Crippen LogP contribution in [0.2, 0.25) is 5.02 Å². The number of hydrogen-bond donors (Lipinski definition) is 2. The molecule has 0 atom stereocenters. The number of halogens is 1. The minimum atomic E-state index is -0.893. The van der Waals surface area contributed by atoms with Crippen LogP contribution >= 0.6 is 11.6 Å². The lowest BCUT2D eigenvalue weighted by Crippen LogP contribution is -2.06. The molecule has 0 heterocycles. The van der Waals surface area contributed by atoms with Crippen LogP contribution < -0.4 is 5.32 Å². The summed E-state index contributed by atoms with van der Waals surface area (Å²) in [6.45, 7) is 2.58. The average Bonchev–Trinajstić information content (AvgIpc) is 2.41. The van der Waals surface area contributed by atoms with Crippen LogP contribution in [0.4, 0.5) is 5.69 Å². The van der Waals surface area contributed by atoms with Gasteiger partial charge in [0.25, 0.3) is 0 Å². The number of hydrogen-bond acceptors (Lipinski definition) is 2. The zero-order valence-electron chi connectivity index (χ0n) is 11.2. The van der Waals surface area contributed by atoms with Crippen molar-refractivity contribution in [2.24, 2.45) is 0 Å². The third kappa shape index (κ3) is 3.75. The number of anilines is 1. The predicted molar refractivity (Wildman–Crippen MR) is 81.8 cm³/mol. The number of rotatable bonds is 5. The summed E-state index contributed by atoms with van der Waals surface area (Å²) >= 11 is 5.84. The van der Waals surface area contributed by atoms with Crippen LogP contribution in [0.5, 0.6) is 0 Å². The summed E-state index contributed by atoms with van der Waals surface area (Å²) in [5, 5.41) is 13.0. The maximum absolute atomic E-state index is 10.9. The monoisotopic (exact) mass is 289 g/mol. The highest BCUT2D eigenvalue weighted by atomic mass is 35.5. The van der Waals surface area contributed by atoms with Crippen LogP contribution in [0.1, 0.15) is 21.5 Å². The van der Waals surface area contributed by atoms with Gasteiger partial charge < -0.3 is 10.4 Å². The topological polar surface area (TPSA) is 49.3 Å². The van der Waals surface area contributed by atoms with Gasteiger partial charge in [0.1, 0.15) is 0 Å². The molecular weight excluding hydrogens is 274 g/mol. The number of aryl methyl sites for hydroxylation is 1. The van der Waals surface area contributed by atoms with E-state index in [0.717, 1.165) is 29.2 Å². The second-order valence-corrected chi connectivity index (χ2v) is 5.07. The van der Waals surface area contributed by atoms with Crippen molar-refractivity contribution in [3.05, 3.63) is 64.2 Å². The minimum absolute atomic E-state index is 0.341. The highest BCUT2D eigenvalue weighted by Crippen LogP contribution is 2.15. The summed E-state index contributed by atoms with van der Waals surface area (Å²) in [5.74, 6) is -0.893. The Morgan fingerprint density at radius 3 is 2.50 bits per heavy atom. The highest BCUT2D eigenvalue weighted by molar-refractivity contribution is 6.30. The normalized spacial score (nSPS) is 10.3. The molecule has 0 unspecified atom stereocenters. The molecule has 2 aromatic rings. The molecule has 2 aromatic carbocycles. The lowest BCUT2D eigenvalue weighted by Gasteiger charge is -2.09. The SMILES string of the molecule is Cc1cc(NCCc2ccc(Cl)cc2)ccc1C(=O)O. The first-order valence-corrected chi connectivity index (χ1v) is 6.76. The van der Waals surface area contributed by atoms with E-state index >= 15 is 0 Å². The molecule has 0 saturated carbocycles. The lowest BCUT2D eigenvalue weighted by molar-refractivity contribution is 0.0696. The minimum Gasteiger partial charge on any atom is -0.478 e. The summed E-state index contributed by atoms with van der Waals surface area (Å²) < 4.78 is 0. The fourth-order valence-corrected chi connectivity index (χ4v) is 2.14. The molecule has 20 heavy (non-hydrogen) atoms. The molecule has 0 aliphatic carbocycles. The van der Waals surface area contributed by atoms with E-state index in [1.54, 1.807) is 19.1 Å². The Morgan fingerprint density at radius 2 is 1.90 bits per heavy atom. The van der Waals surface area contributed by atoms with Crippen LogP contribution in [0.3, 0.4) is 0 Å². The van der Waals surface area contributed by atoms with E-state index in [9.17, 15) is 4.79 Å². The van der Waals surface area contributed by atoms with E-state index in [4.69, 9.17) is 16.7 Å². The molecule has 0 saturated heterocycles. The van der Waals surface area contributed by atoms with Gasteiger partial charge in [-0.1, -0.05) is 23.7 Å². The first kappa shape index (κ1) is 14.4. The van der Waals surface area contributed by atoms with Crippen LogP contribution in [-0.2, 0) is 6.42 Å². The molecular formula is C16H16ClNO2. The molecule has 4 heteroatoms. The lowest BCUT2D eigenvalue weighted by atomic mass is 10.1. The molecule has 2 rings (SSSR count). The molecule has 0 bridgehead atoms. The molecule has 0 aliphatic rings. The number of aromatic carboxylic acids is 1. The van der Waals surface area contributed by atoms with Gasteiger partial charge in [-0.25, -0.2) is 4.79 Å². The zero-order chi connectivity index (χ0) is 14.5. The van der Waals surface area contributed by atoms with Gasteiger partial charge in [-0.15, -0.1) is 0 Å². The van der Waals surface area contributed by atoms with Gasteiger partial charge in [-0.2, -0.15) is 0 Å². The summed E-state index contributed by atoms with van der Waals surface area (Å²) in [7, 11) is 0. The van der Waals surface area contributed by atoms with Crippen LogP contribution in [-0.4, -0.2) is 17.6 Å². The maximum atomic E-state index is 10.9. The van der Waals surface area contributed by atoms with Gasteiger partial charge in [0, 0.05) is 17.3 Å². The number of carbonyl (C=O) groups is 1. The van der Waals surface area contributed by atoms with Crippen molar-refractivity contribution in [3.8, 4) is 0 Å². The number of benzene rings is 2. The largest absolute Gasteiger partial charge is 0.478 e. The van der Waals surface area contributed by atoms with Crippen LogP contribution in [0, 0.1) is 6.92 Å². The molecule has 0 fully saturated rings. The Kier molecular flexibility index (Phi) is 4.64. The summed E-state index contributed by atoms with van der Waals surface area (Å²) in [6.07, 6.45) is 0.886. The number of nitrogens with one attached hydrogen (secondary N) is 1. The predicted octanol–water partition coefficient (Wildman–Crippen LogP) is 4.00. The number of carboxylic acid groups (broad SMARTS) is 1. The number of carboxylic acids is 1. The first-order valence-electron chi connectivity index (χ1n) is 6.38. The van der Waals surface area contributed by atoms with Crippen LogP contribution in [0.25, 0.3) is 0 Å². The Bertz CT molecular complexity index is 608. The van der Waals surface area contributed by atoms with E-state index in [0.29, 0.717) is 5.56 Å². The summed E-state index contributed by atoms with van der Waals surface area (Å²) in [6, 6.07) is 13.0. The summed E-state index contributed by atoms with van der Waals surface area (Å²) in [4.78, 5) is 10.9. The molecule has 0 radical (unpaired) electrons. The van der Waals surface area contributed by atoms with Crippen molar-refractivity contribution < 1.29 is 9.90 Å². The van der Waals surface area contributed by atoms with E-state index in [1.165, 1.54) is 5.56 Å². The molecule has 0 amide bonds. The maximum Gasteiger partial charge on any atom is 0.335 e. The van der Waals surface area contributed by atoms with E-state index in [1.807, 2.05) is 30.3 Å². The molecule has 3 nitrogen and oxygen atoms in total. The zero-order valence-corrected chi connectivity index (χ0v) is 11.9. The molecule has 0 aromatic heterocycles.